The summed E-state index contributed by atoms with van der Waals surface area (Å²) in [5, 5.41) is 0. The third kappa shape index (κ3) is 3.05. The molecule has 4 nitrogen and oxygen atoms in total. The molecule has 3 heterocycles. The van der Waals surface area contributed by atoms with Crippen LogP contribution in [0.2, 0.25) is 0 Å². The second-order valence-corrected chi connectivity index (χ2v) is 8.44. The van der Waals surface area contributed by atoms with Gasteiger partial charge in [0.2, 0.25) is 0 Å². The van der Waals surface area contributed by atoms with Crippen molar-refractivity contribution in [2.75, 3.05) is 37.7 Å². The van der Waals surface area contributed by atoms with Crippen LogP contribution in [0.25, 0.3) is 0 Å². The van der Waals surface area contributed by atoms with Crippen molar-refractivity contribution in [1.82, 2.24) is 4.90 Å². The minimum Gasteiger partial charge on any atom is -0.370 e. The summed E-state index contributed by atoms with van der Waals surface area (Å²) in [6.45, 7) is 9.12. The lowest BCUT2D eigenvalue weighted by Gasteiger charge is -2.25. The first kappa shape index (κ1) is 16.9. The van der Waals surface area contributed by atoms with Crippen LogP contribution in [0, 0.1) is 5.92 Å². The molecule has 3 aliphatic rings. The van der Waals surface area contributed by atoms with Crippen molar-refractivity contribution in [3.63, 3.8) is 0 Å². The smallest absolute Gasteiger partial charge is 0.251 e. The number of hydrogen-bond donors (Lipinski definition) is 0. The normalized spacial score (nSPS) is 28.4. The molecule has 1 aromatic carbocycles. The van der Waals surface area contributed by atoms with E-state index in [4.69, 9.17) is 4.74 Å². The van der Waals surface area contributed by atoms with Crippen LogP contribution in [0.4, 0.5) is 5.69 Å². The zero-order chi connectivity index (χ0) is 17.4. The van der Waals surface area contributed by atoms with E-state index in [1.54, 1.807) is 0 Å². The third-order valence-electron chi connectivity index (χ3n) is 6.12. The van der Waals surface area contributed by atoms with E-state index in [1.165, 1.54) is 17.7 Å². The topological polar surface area (TPSA) is 32.8 Å². The molecule has 0 radical (unpaired) electrons. The zero-order valence-electron chi connectivity index (χ0n) is 15.5. The molecule has 0 aromatic heterocycles. The van der Waals surface area contributed by atoms with Gasteiger partial charge in [-0.25, -0.2) is 0 Å². The van der Waals surface area contributed by atoms with E-state index >= 15 is 0 Å². The number of para-hydroxylation sites is 1. The molecule has 4 heteroatoms. The maximum absolute atomic E-state index is 12.8. The molecule has 2 saturated heterocycles. The van der Waals surface area contributed by atoms with Crippen molar-refractivity contribution in [2.45, 2.75) is 51.0 Å². The van der Waals surface area contributed by atoms with Gasteiger partial charge < -0.3 is 14.5 Å². The van der Waals surface area contributed by atoms with Crippen molar-refractivity contribution in [3.05, 3.63) is 29.8 Å². The Morgan fingerprint density at radius 2 is 2.04 bits per heavy atom. The summed E-state index contributed by atoms with van der Waals surface area (Å²) >= 11 is 0. The molecule has 2 atom stereocenters. The first-order chi connectivity index (χ1) is 12.1. The largest absolute Gasteiger partial charge is 0.370 e. The number of amides is 1. The zero-order valence-corrected chi connectivity index (χ0v) is 15.5. The number of nitrogens with zero attached hydrogens (tertiary/aromatic N) is 2. The van der Waals surface area contributed by atoms with Gasteiger partial charge in [-0.15, -0.1) is 0 Å². The molecule has 0 aliphatic carbocycles. The van der Waals surface area contributed by atoms with Crippen LogP contribution >= 0.6 is 0 Å². The molecule has 3 aliphatic heterocycles. The Kier molecular flexibility index (Phi) is 4.48. The number of rotatable bonds is 4. The first-order valence-corrected chi connectivity index (χ1v) is 9.84. The summed E-state index contributed by atoms with van der Waals surface area (Å²) in [7, 11) is 0. The molecule has 0 saturated carbocycles. The monoisotopic (exact) mass is 342 g/mol. The van der Waals surface area contributed by atoms with E-state index in [9.17, 15) is 4.79 Å². The van der Waals surface area contributed by atoms with E-state index in [0.717, 1.165) is 45.4 Å². The van der Waals surface area contributed by atoms with Crippen molar-refractivity contribution in [3.8, 4) is 0 Å². The minimum absolute atomic E-state index is 0.00633. The number of likely N-dealkylation sites (tertiary alicyclic amines) is 1. The van der Waals surface area contributed by atoms with E-state index in [2.05, 4.69) is 43.0 Å². The molecule has 25 heavy (non-hydrogen) atoms. The van der Waals surface area contributed by atoms with Gasteiger partial charge in [-0.2, -0.15) is 0 Å². The Balaban J connectivity index is 1.53. The molecule has 1 aromatic rings. The molecule has 2 fully saturated rings. The average Bonchev–Trinajstić information content (AvgIpc) is 3.34. The Bertz CT molecular complexity index is 639. The number of anilines is 1. The van der Waals surface area contributed by atoms with Gasteiger partial charge in [-0.1, -0.05) is 32.0 Å². The molecule has 0 N–H and O–H groups in total. The van der Waals surface area contributed by atoms with Crippen molar-refractivity contribution < 1.29 is 9.53 Å². The fourth-order valence-electron chi connectivity index (χ4n) is 4.68. The van der Waals surface area contributed by atoms with Crippen molar-refractivity contribution in [1.29, 1.82) is 0 Å². The number of carbonyl (C=O) groups is 1. The lowest BCUT2D eigenvalue weighted by Crippen LogP contribution is -2.39. The number of ether oxygens (including phenoxy) is 1. The van der Waals surface area contributed by atoms with Crippen LogP contribution in [0.1, 0.15) is 45.1 Å². The van der Waals surface area contributed by atoms with E-state index in [0.29, 0.717) is 12.5 Å². The molecule has 1 spiro atoms. The third-order valence-corrected chi connectivity index (χ3v) is 6.12. The van der Waals surface area contributed by atoms with Crippen molar-refractivity contribution >= 4 is 11.6 Å². The van der Waals surface area contributed by atoms with Gasteiger partial charge in [-0.3, -0.25) is 4.79 Å². The quantitative estimate of drug-likeness (QED) is 0.842. The summed E-state index contributed by atoms with van der Waals surface area (Å²) in [4.78, 5) is 17.3. The number of benzene rings is 1. The lowest BCUT2D eigenvalue weighted by atomic mass is 9.80. The molecular formula is C21H30N2O2. The first-order valence-electron chi connectivity index (χ1n) is 9.84. The van der Waals surface area contributed by atoms with E-state index in [1.807, 2.05) is 4.90 Å². The predicted molar refractivity (Wildman–Crippen MR) is 100.0 cm³/mol. The fourth-order valence-corrected chi connectivity index (χ4v) is 4.68. The molecule has 0 unspecified atom stereocenters. The number of hydrogen-bond acceptors (Lipinski definition) is 3. The lowest BCUT2D eigenvalue weighted by molar-refractivity contribution is -0.139. The molecular weight excluding hydrogens is 312 g/mol. The second kappa shape index (κ2) is 6.64. The van der Waals surface area contributed by atoms with Gasteiger partial charge in [0.05, 0.1) is 6.61 Å². The molecule has 4 rings (SSSR count). The molecule has 0 bridgehead atoms. The highest BCUT2D eigenvalue weighted by Crippen LogP contribution is 2.47. The summed E-state index contributed by atoms with van der Waals surface area (Å²) in [6.07, 6.45) is 4.04. The van der Waals surface area contributed by atoms with Gasteiger partial charge >= 0.3 is 0 Å². The second-order valence-electron chi connectivity index (χ2n) is 8.44. The Morgan fingerprint density at radius 3 is 2.80 bits per heavy atom. The van der Waals surface area contributed by atoms with Crippen LogP contribution in [0.5, 0.6) is 0 Å². The van der Waals surface area contributed by atoms with Crippen LogP contribution < -0.4 is 4.90 Å². The van der Waals surface area contributed by atoms with Crippen molar-refractivity contribution in [2.24, 2.45) is 5.92 Å². The van der Waals surface area contributed by atoms with Crippen LogP contribution in [0.3, 0.4) is 0 Å². The van der Waals surface area contributed by atoms with Crippen LogP contribution in [0.15, 0.2) is 24.3 Å². The summed E-state index contributed by atoms with van der Waals surface area (Å²) in [6, 6.07) is 8.74. The van der Waals surface area contributed by atoms with Crippen LogP contribution in [-0.4, -0.2) is 49.7 Å². The highest BCUT2D eigenvalue weighted by molar-refractivity contribution is 5.82. The Hall–Kier alpha value is -1.55. The maximum atomic E-state index is 12.8. The van der Waals surface area contributed by atoms with E-state index < -0.39 is 0 Å². The SMILES string of the molecule is CC(C)CCN1C[C@@]2(CO[C@@H](C(=O)N3CCCC3)C2)c2ccccc21. The number of fused-ring (bicyclic) bond motifs is 2. The Labute approximate surface area is 151 Å². The standard InChI is InChI=1S/C21H30N2O2/c1-16(2)9-12-23-14-21(17-7-3-4-8-18(17)23)13-19(25-15-21)20(24)22-10-5-6-11-22/h3-4,7-8,16,19H,5-6,9-15H2,1-2H3/t19-,21+/m1/s1. The number of carbonyl (C=O) groups excluding carboxylic acids is 1. The van der Waals surface area contributed by atoms with Gasteiger partial charge in [0.15, 0.2) is 0 Å². The summed E-state index contributed by atoms with van der Waals surface area (Å²) < 4.78 is 6.08. The summed E-state index contributed by atoms with van der Waals surface area (Å²) in [5.41, 5.74) is 2.73. The Morgan fingerprint density at radius 1 is 1.28 bits per heavy atom. The molecule has 1 amide bonds. The predicted octanol–water partition coefficient (Wildman–Crippen LogP) is 3.20. The van der Waals surface area contributed by atoms with Crippen LogP contribution in [-0.2, 0) is 14.9 Å². The summed E-state index contributed by atoms with van der Waals surface area (Å²) in [5.74, 6) is 0.917. The average molecular weight is 342 g/mol. The van der Waals surface area contributed by atoms with E-state index in [-0.39, 0.29) is 17.4 Å². The maximum Gasteiger partial charge on any atom is 0.251 e. The minimum atomic E-state index is -0.254. The van der Waals surface area contributed by atoms with Gasteiger partial charge in [0.1, 0.15) is 6.10 Å². The highest BCUT2D eigenvalue weighted by Gasteiger charge is 2.50. The van der Waals surface area contributed by atoms with Gasteiger partial charge in [0.25, 0.3) is 5.91 Å². The highest BCUT2D eigenvalue weighted by atomic mass is 16.5. The fraction of sp³-hybridized carbons (Fsp3) is 0.667. The molecule has 136 valence electrons. The van der Waals surface area contributed by atoms with Gasteiger partial charge in [0, 0.05) is 37.3 Å². The van der Waals surface area contributed by atoms with Gasteiger partial charge in [-0.05, 0) is 43.2 Å².